The smallest absolute Gasteiger partial charge is 0.225 e. The van der Waals surface area contributed by atoms with E-state index in [1.54, 1.807) is 0 Å². The number of hydrogen-bond donors (Lipinski definition) is 2. The van der Waals surface area contributed by atoms with Gasteiger partial charge in [0.2, 0.25) is 20.0 Å². The highest BCUT2D eigenvalue weighted by atomic mass is 35.5. The zero-order valence-corrected chi connectivity index (χ0v) is 12.4. The Morgan fingerprint density at radius 2 is 1.68 bits per heavy atom. The monoisotopic (exact) mass is 326 g/mol. The lowest BCUT2D eigenvalue weighted by atomic mass is 10.2. The van der Waals surface area contributed by atoms with Crippen LogP contribution >= 0.6 is 11.6 Å². The van der Waals surface area contributed by atoms with Crippen molar-refractivity contribution in [3.63, 3.8) is 0 Å². The van der Waals surface area contributed by atoms with Gasteiger partial charge in [-0.15, -0.1) is 11.6 Å². The molecule has 1 aromatic carbocycles. The summed E-state index contributed by atoms with van der Waals surface area (Å²) in [5.74, 6) is 0.246. The van der Waals surface area contributed by atoms with Gasteiger partial charge in [-0.1, -0.05) is 12.1 Å². The molecule has 0 aromatic heterocycles. The Hall–Kier alpha value is -0.670. The minimum Gasteiger partial charge on any atom is -0.225 e. The van der Waals surface area contributed by atoms with Gasteiger partial charge >= 0.3 is 0 Å². The second-order valence-corrected chi connectivity index (χ2v) is 7.74. The molecule has 3 N–H and O–H groups in total. The van der Waals surface area contributed by atoms with Crippen molar-refractivity contribution in [2.24, 2.45) is 5.14 Å². The lowest BCUT2D eigenvalue weighted by molar-refractivity contribution is 0.579. The van der Waals surface area contributed by atoms with Crippen LogP contribution in [0.15, 0.2) is 29.2 Å². The molecule has 0 bridgehead atoms. The van der Waals surface area contributed by atoms with Crippen molar-refractivity contribution in [3.8, 4) is 0 Å². The Kier molecular flexibility index (Phi) is 5.75. The van der Waals surface area contributed by atoms with Crippen LogP contribution in [-0.4, -0.2) is 28.5 Å². The summed E-state index contributed by atoms with van der Waals surface area (Å²) in [6.45, 7) is 0.0928. The summed E-state index contributed by atoms with van der Waals surface area (Å²) in [4.78, 5) is -0.0127. The fraction of sp³-hybridized carbons (Fsp3) is 0.400. The molecule has 1 aromatic rings. The second kappa shape index (κ2) is 6.67. The molecular weight excluding hydrogens is 312 g/mol. The number of nitrogens with two attached hydrogens (primary N) is 1. The Balaban J connectivity index is 2.65. The zero-order chi connectivity index (χ0) is 14.5. The molecule has 19 heavy (non-hydrogen) atoms. The molecule has 0 saturated carbocycles. The maximum absolute atomic E-state index is 11.5. The lowest BCUT2D eigenvalue weighted by Crippen LogP contribution is -2.26. The molecule has 0 aliphatic rings. The van der Waals surface area contributed by atoms with Crippen molar-refractivity contribution >= 4 is 31.6 Å². The first kappa shape index (κ1) is 16.4. The topological polar surface area (TPSA) is 106 Å². The van der Waals surface area contributed by atoms with Crippen molar-refractivity contribution in [1.82, 2.24) is 4.72 Å². The quantitative estimate of drug-likeness (QED) is 0.706. The van der Waals surface area contributed by atoms with Gasteiger partial charge in [-0.25, -0.2) is 26.7 Å². The van der Waals surface area contributed by atoms with E-state index in [-0.39, 0.29) is 23.1 Å². The second-order valence-electron chi connectivity index (χ2n) is 3.87. The van der Waals surface area contributed by atoms with Crippen molar-refractivity contribution in [2.75, 3.05) is 11.6 Å². The van der Waals surface area contributed by atoms with E-state index >= 15 is 0 Å². The van der Waals surface area contributed by atoms with Gasteiger partial charge in [0.15, 0.2) is 0 Å². The molecule has 108 valence electrons. The number of rotatable bonds is 7. The number of benzene rings is 1. The third-order valence-electron chi connectivity index (χ3n) is 2.29. The van der Waals surface area contributed by atoms with Crippen LogP contribution in [0.1, 0.15) is 12.0 Å². The van der Waals surface area contributed by atoms with Crippen LogP contribution in [0, 0.1) is 0 Å². The predicted octanol–water partition coefficient (Wildman–Crippen LogP) is 0.382. The van der Waals surface area contributed by atoms with Crippen molar-refractivity contribution in [3.05, 3.63) is 29.8 Å². The lowest BCUT2D eigenvalue weighted by Gasteiger charge is -2.06. The third kappa shape index (κ3) is 5.87. The van der Waals surface area contributed by atoms with Crippen molar-refractivity contribution in [1.29, 1.82) is 0 Å². The number of sulfonamides is 2. The number of primary sulfonamides is 1. The first-order valence-corrected chi connectivity index (χ1v) is 9.13. The van der Waals surface area contributed by atoms with E-state index in [9.17, 15) is 16.8 Å². The van der Waals surface area contributed by atoms with Gasteiger partial charge in [0.1, 0.15) is 0 Å². The first-order chi connectivity index (χ1) is 8.74. The molecule has 0 fully saturated rings. The summed E-state index contributed by atoms with van der Waals surface area (Å²) >= 11 is 5.42. The zero-order valence-electron chi connectivity index (χ0n) is 10.0. The van der Waals surface area contributed by atoms with Crippen LogP contribution in [0.3, 0.4) is 0 Å². The molecule has 0 heterocycles. The Bertz CT molecular complexity index is 611. The average Bonchev–Trinajstić information content (AvgIpc) is 2.34. The minimum absolute atomic E-state index is 0.0127. The van der Waals surface area contributed by atoms with E-state index in [4.69, 9.17) is 16.7 Å². The van der Waals surface area contributed by atoms with E-state index < -0.39 is 20.0 Å². The molecule has 0 amide bonds. The van der Waals surface area contributed by atoms with Crippen LogP contribution in [0.4, 0.5) is 0 Å². The SMILES string of the molecule is NS(=O)(=O)c1ccc(CNS(=O)(=O)CCCCl)cc1. The number of alkyl halides is 1. The highest BCUT2D eigenvalue weighted by Crippen LogP contribution is 2.08. The summed E-state index contributed by atoms with van der Waals surface area (Å²) in [5.41, 5.74) is 0.641. The number of halogens is 1. The maximum atomic E-state index is 11.5. The Morgan fingerprint density at radius 3 is 2.16 bits per heavy atom. The van der Waals surface area contributed by atoms with Crippen LogP contribution in [0.25, 0.3) is 0 Å². The molecular formula is C10H15ClN2O4S2. The van der Waals surface area contributed by atoms with Crippen LogP contribution in [0.2, 0.25) is 0 Å². The summed E-state index contributed by atoms with van der Waals surface area (Å²) in [5, 5.41) is 4.95. The molecule has 1 rings (SSSR count). The maximum Gasteiger partial charge on any atom is 0.238 e. The fourth-order valence-corrected chi connectivity index (χ4v) is 3.17. The molecule has 0 radical (unpaired) electrons. The summed E-state index contributed by atoms with van der Waals surface area (Å²) in [6, 6.07) is 5.67. The largest absolute Gasteiger partial charge is 0.238 e. The predicted molar refractivity (Wildman–Crippen MR) is 73.8 cm³/mol. The molecule has 0 aliphatic carbocycles. The van der Waals surface area contributed by atoms with Crippen molar-refractivity contribution in [2.45, 2.75) is 17.9 Å². The van der Waals surface area contributed by atoms with Crippen molar-refractivity contribution < 1.29 is 16.8 Å². The van der Waals surface area contributed by atoms with Gasteiger partial charge in [0.25, 0.3) is 0 Å². The molecule has 0 saturated heterocycles. The standard InChI is InChI=1S/C10H15ClN2O4S2/c11-6-1-7-18(14,15)13-8-9-2-4-10(5-3-9)19(12,16)17/h2-5,13H,1,6-8H2,(H2,12,16,17). The summed E-state index contributed by atoms with van der Waals surface area (Å²) in [6.07, 6.45) is 0.376. The van der Waals surface area contributed by atoms with Gasteiger partial charge in [-0.3, -0.25) is 0 Å². The van der Waals surface area contributed by atoms with Gasteiger partial charge in [0.05, 0.1) is 10.6 Å². The van der Waals surface area contributed by atoms with E-state index in [1.807, 2.05) is 0 Å². The Labute approximate surface area is 118 Å². The highest BCUT2D eigenvalue weighted by molar-refractivity contribution is 7.89. The van der Waals surface area contributed by atoms with Crippen LogP contribution in [-0.2, 0) is 26.6 Å². The molecule has 0 unspecified atom stereocenters. The fourth-order valence-electron chi connectivity index (χ4n) is 1.31. The molecule has 0 aliphatic heterocycles. The minimum atomic E-state index is -3.73. The molecule has 6 nitrogen and oxygen atoms in total. The van der Waals surface area contributed by atoms with E-state index in [2.05, 4.69) is 4.72 Å². The van der Waals surface area contributed by atoms with Crippen LogP contribution < -0.4 is 9.86 Å². The average molecular weight is 327 g/mol. The molecule has 0 atom stereocenters. The van der Waals surface area contributed by atoms with E-state index in [0.717, 1.165) is 0 Å². The number of nitrogens with one attached hydrogen (secondary N) is 1. The summed E-state index contributed by atoms with van der Waals surface area (Å²) in [7, 11) is -7.09. The molecule has 9 heteroatoms. The first-order valence-electron chi connectivity index (χ1n) is 5.40. The Morgan fingerprint density at radius 1 is 1.11 bits per heavy atom. The van der Waals surface area contributed by atoms with Gasteiger partial charge < -0.3 is 0 Å². The van der Waals surface area contributed by atoms with Gasteiger partial charge in [0, 0.05) is 12.4 Å². The van der Waals surface area contributed by atoms with Gasteiger partial charge in [-0.2, -0.15) is 0 Å². The van der Waals surface area contributed by atoms with Crippen LogP contribution in [0.5, 0.6) is 0 Å². The summed E-state index contributed by atoms with van der Waals surface area (Å²) < 4.78 is 47.5. The highest BCUT2D eigenvalue weighted by Gasteiger charge is 2.10. The third-order valence-corrected chi connectivity index (χ3v) is 4.90. The van der Waals surface area contributed by atoms with Gasteiger partial charge in [-0.05, 0) is 24.1 Å². The number of hydrogen-bond acceptors (Lipinski definition) is 4. The van der Waals surface area contributed by atoms with E-state index in [1.165, 1.54) is 24.3 Å². The van der Waals surface area contributed by atoms with E-state index in [0.29, 0.717) is 12.0 Å². The molecule has 0 spiro atoms. The normalized spacial score (nSPS) is 12.5.